The molecule has 0 aliphatic carbocycles. The number of carbonyl (C=O) groups is 2. The average molecular weight is 282 g/mol. The van der Waals surface area contributed by atoms with Gasteiger partial charge in [-0.15, -0.1) is 0 Å². The summed E-state index contributed by atoms with van der Waals surface area (Å²) in [7, 11) is 2.90. The highest BCUT2D eigenvalue weighted by Crippen LogP contribution is 2.17. The van der Waals surface area contributed by atoms with Crippen molar-refractivity contribution in [3.05, 3.63) is 17.3 Å². The number of methoxy groups -OCH3 is 1. The standard InChI is InChI=1S/C14H22N2O4/c1-8(2)7-11(14(18)19-6)16(5)13(17)12-9(3)20-10(4)15-12/h8,11H,7H2,1-6H3. The van der Waals surface area contributed by atoms with Crippen molar-refractivity contribution in [1.82, 2.24) is 9.88 Å². The van der Waals surface area contributed by atoms with Crippen LogP contribution in [0, 0.1) is 19.8 Å². The molecular formula is C14H22N2O4. The smallest absolute Gasteiger partial charge is 0.328 e. The molecule has 1 rings (SSSR count). The largest absolute Gasteiger partial charge is 0.467 e. The van der Waals surface area contributed by atoms with Gasteiger partial charge in [0.05, 0.1) is 7.11 Å². The number of ether oxygens (including phenoxy) is 1. The van der Waals surface area contributed by atoms with Crippen LogP contribution in [-0.4, -0.2) is 42.0 Å². The van der Waals surface area contributed by atoms with Gasteiger partial charge >= 0.3 is 5.97 Å². The van der Waals surface area contributed by atoms with Gasteiger partial charge in [-0.25, -0.2) is 9.78 Å². The van der Waals surface area contributed by atoms with E-state index in [1.165, 1.54) is 12.0 Å². The Morgan fingerprint density at radius 3 is 2.35 bits per heavy atom. The molecular weight excluding hydrogens is 260 g/mol. The Balaban J connectivity index is 2.99. The number of nitrogens with zero attached hydrogens (tertiary/aromatic N) is 2. The van der Waals surface area contributed by atoms with E-state index in [0.29, 0.717) is 18.1 Å². The van der Waals surface area contributed by atoms with E-state index in [2.05, 4.69) is 4.98 Å². The van der Waals surface area contributed by atoms with E-state index < -0.39 is 12.0 Å². The summed E-state index contributed by atoms with van der Waals surface area (Å²) in [5.74, 6) is 0.377. The van der Waals surface area contributed by atoms with Crippen LogP contribution in [-0.2, 0) is 9.53 Å². The highest BCUT2D eigenvalue weighted by Gasteiger charge is 2.31. The predicted octanol–water partition coefficient (Wildman–Crippen LogP) is 1.95. The van der Waals surface area contributed by atoms with Crippen LogP contribution in [0.15, 0.2) is 4.42 Å². The first kappa shape index (κ1) is 16.2. The molecule has 1 aromatic heterocycles. The molecule has 1 amide bonds. The molecule has 0 aliphatic heterocycles. The Bertz CT molecular complexity index is 493. The van der Waals surface area contributed by atoms with E-state index in [-0.39, 0.29) is 17.5 Å². The molecule has 6 nitrogen and oxygen atoms in total. The fourth-order valence-corrected chi connectivity index (χ4v) is 2.03. The number of amides is 1. The second kappa shape index (κ2) is 6.54. The third-order valence-electron chi connectivity index (χ3n) is 3.06. The summed E-state index contributed by atoms with van der Waals surface area (Å²) in [4.78, 5) is 29.7. The summed E-state index contributed by atoms with van der Waals surface area (Å²) < 4.78 is 10.0. The minimum absolute atomic E-state index is 0.239. The Kier molecular flexibility index (Phi) is 5.30. The molecule has 0 saturated carbocycles. The molecule has 1 aromatic rings. The Morgan fingerprint density at radius 1 is 1.35 bits per heavy atom. The third kappa shape index (κ3) is 3.59. The molecule has 0 bridgehead atoms. The minimum atomic E-state index is -0.621. The van der Waals surface area contributed by atoms with Crippen LogP contribution in [0.3, 0.4) is 0 Å². The van der Waals surface area contributed by atoms with Crippen molar-refractivity contribution < 1.29 is 18.7 Å². The highest BCUT2D eigenvalue weighted by atomic mass is 16.5. The summed E-state index contributed by atoms with van der Waals surface area (Å²) >= 11 is 0. The van der Waals surface area contributed by atoms with Crippen LogP contribution in [0.2, 0.25) is 0 Å². The molecule has 0 spiro atoms. The van der Waals surface area contributed by atoms with Gasteiger partial charge in [-0.1, -0.05) is 13.8 Å². The summed E-state index contributed by atoms with van der Waals surface area (Å²) in [6, 6.07) is -0.621. The van der Waals surface area contributed by atoms with Crippen LogP contribution >= 0.6 is 0 Å². The van der Waals surface area contributed by atoms with Gasteiger partial charge in [0.1, 0.15) is 11.8 Å². The Labute approximate surface area is 119 Å². The van der Waals surface area contributed by atoms with E-state index >= 15 is 0 Å². The summed E-state index contributed by atoms with van der Waals surface area (Å²) in [6.07, 6.45) is 0.533. The zero-order valence-corrected chi connectivity index (χ0v) is 12.9. The highest BCUT2D eigenvalue weighted by molar-refractivity contribution is 5.95. The number of rotatable bonds is 5. The van der Waals surface area contributed by atoms with Crippen molar-refractivity contribution in [2.24, 2.45) is 5.92 Å². The number of hydrogen-bond acceptors (Lipinski definition) is 5. The zero-order valence-electron chi connectivity index (χ0n) is 12.9. The normalized spacial score (nSPS) is 12.3. The maximum atomic E-state index is 12.4. The SMILES string of the molecule is COC(=O)C(CC(C)C)N(C)C(=O)c1nc(C)oc1C. The predicted molar refractivity (Wildman–Crippen MR) is 73.3 cm³/mol. The van der Waals surface area contributed by atoms with Gasteiger partial charge in [0.2, 0.25) is 0 Å². The summed E-state index contributed by atoms with van der Waals surface area (Å²) in [6.45, 7) is 7.33. The number of aromatic nitrogens is 1. The van der Waals surface area contributed by atoms with E-state index in [9.17, 15) is 9.59 Å². The maximum Gasteiger partial charge on any atom is 0.328 e. The van der Waals surface area contributed by atoms with Crippen molar-refractivity contribution in [3.63, 3.8) is 0 Å². The van der Waals surface area contributed by atoms with Gasteiger partial charge in [-0.05, 0) is 19.3 Å². The zero-order chi connectivity index (χ0) is 15.4. The number of hydrogen-bond donors (Lipinski definition) is 0. The van der Waals surface area contributed by atoms with Crippen LogP contribution in [0.4, 0.5) is 0 Å². The van der Waals surface area contributed by atoms with Crippen LogP contribution in [0.25, 0.3) is 0 Å². The molecule has 20 heavy (non-hydrogen) atoms. The summed E-state index contributed by atoms with van der Waals surface area (Å²) in [5.41, 5.74) is 0.239. The topological polar surface area (TPSA) is 72.6 Å². The van der Waals surface area contributed by atoms with Gasteiger partial charge in [-0.3, -0.25) is 4.79 Å². The maximum absolute atomic E-state index is 12.4. The lowest BCUT2D eigenvalue weighted by Gasteiger charge is -2.26. The lowest BCUT2D eigenvalue weighted by molar-refractivity contribution is -0.146. The number of likely N-dealkylation sites (N-methyl/N-ethyl adjacent to an activating group) is 1. The van der Waals surface area contributed by atoms with E-state index in [1.54, 1.807) is 20.9 Å². The van der Waals surface area contributed by atoms with Gasteiger partial charge in [0, 0.05) is 14.0 Å². The molecule has 0 aromatic carbocycles. The third-order valence-corrected chi connectivity index (χ3v) is 3.06. The molecule has 1 unspecified atom stereocenters. The van der Waals surface area contributed by atoms with E-state index in [0.717, 1.165) is 0 Å². The second-order valence-electron chi connectivity index (χ2n) is 5.22. The number of oxazole rings is 1. The Morgan fingerprint density at radius 2 is 1.95 bits per heavy atom. The van der Waals surface area contributed by atoms with Crippen molar-refractivity contribution >= 4 is 11.9 Å². The Hall–Kier alpha value is -1.85. The average Bonchev–Trinajstić information content (AvgIpc) is 2.72. The molecule has 6 heteroatoms. The number of aryl methyl sites for hydroxylation is 2. The molecule has 112 valence electrons. The monoisotopic (exact) mass is 282 g/mol. The molecule has 0 fully saturated rings. The van der Waals surface area contributed by atoms with Gasteiger partial charge in [0.25, 0.3) is 5.91 Å². The first-order chi connectivity index (χ1) is 9.27. The van der Waals surface area contributed by atoms with Crippen molar-refractivity contribution in [2.75, 3.05) is 14.2 Å². The van der Waals surface area contributed by atoms with Crippen LogP contribution < -0.4 is 0 Å². The minimum Gasteiger partial charge on any atom is -0.467 e. The lowest BCUT2D eigenvalue weighted by Crippen LogP contribution is -2.44. The lowest BCUT2D eigenvalue weighted by atomic mass is 10.0. The molecule has 0 aliphatic rings. The van der Waals surface area contributed by atoms with Crippen molar-refractivity contribution in [1.29, 1.82) is 0 Å². The van der Waals surface area contributed by atoms with Crippen molar-refractivity contribution in [3.8, 4) is 0 Å². The van der Waals surface area contributed by atoms with Crippen molar-refractivity contribution in [2.45, 2.75) is 40.2 Å². The van der Waals surface area contributed by atoms with E-state index in [4.69, 9.17) is 9.15 Å². The van der Waals surface area contributed by atoms with E-state index in [1.807, 2.05) is 13.8 Å². The molecule has 1 heterocycles. The first-order valence-electron chi connectivity index (χ1n) is 6.56. The van der Waals surface area contributed by atoms with Gasteiger partial charge in [0.15, 0.2) is 11.6 Å². The van der Waals surface area contributed by atoms with Crippen LogP contribution in [0.5, 0.6) is 0 Å². The quantitative estimate of drug-likeness (QED) is 0.772. The summed E-state index contributed by atoms with van der Waals surface area (Å²) in [5, 5.41) is 0. The molecule has 1 atom stereocenters. The number of esters is 1. The fourth-order valence-electron chi connectivity index (χ4n) is 2.03. The molecule has 0 radical (unpaired) electrons. The van der Waals surface area contributed by atoms with Gasteiger partial charge in [-0.2, -0.15) is 0 Å². The van der Waals surface area contributed by atoms with Crippen LogP contribution in [0.1, 0.15) is 42.4 Å². The molecule has 0 N–H and O–H groups in total. The second-order valence-corrected chi connectivity index (χ2v) is 5.22. The first-order valence-corrected chi connectivity index (χ1v) is 6.56. The fraction of sp³-hybridized carbons (Fsp3) is 0.643. The molecule has 0 saturated heterocycles. The number of carbonyl (C=O) groups excluding carboxylic acids is 2. The van der Waals surface area contributed by atoms with Gasteiger partial charge < -0.3 is 14.1 Å².